The van der Waals surface area contributed by atoms with Crippen molar-refractivity contribution in [3.63, 3.8) is 0 Å². The Labute approximate surface area is 135 Å². The van der Waals surface area contributed by atoms with Gasteiger partial charge in [-0.05, 0) is 42.8 Å². The molecule has 0 aromatic heterocycles. The predicted octanol–water partition coefficient (Wildman–Crippen LogP) is 5.76. The standard InChI is InChI=1S/C13H25Br2ClOSi/c1-12(2,3)18(4,5)17-9-7-11-10(6-8-16)13(11,14)15/h10-11H,6-9H2,1-5H3. The van der Waals surface area contributed by atoms with Gasteiger partial charge in [0.25, 0.3) is 0 Å². The van der Waals surface area contributed by atoms with E-state index in [1.54, 1.807) is 0 Å². The summed E-state index contributed by atoms with van der Waals surface area (Å²) >= 11 is 13.3. The zero-order valence-electron chi connectivity index (χ0n) is 12.0. The summed E-state index contributed by atoms with van der Waals surface area (Å²) in [7, 11) is -1.59. The number of hydrogen-bond acceptors (Lipinski definition) is 1. The summed E-state index contributed by atoms with van der Waals surface area (Å²) in [6, 6.07) is 0. The molecule has 1 aliphatic rings. The molecule has 1 saturated carbocycles. The van der Waals surface area contributed by atoms with Crippen molar-refractivity contribution < 1.29 is 4.43 Å². The van der Waals surface area contributed by atoms with Crippen LogP contribution in [0.1, 0.15) is 33.6 Å². The van der Waals surface area contributed by atoms with Crippen molar-refractivity contribution in [1.82, 2.24) is 0 Å². The van der Waals surface area contributed by atoms with Crippen molar-refractivity contribution in [2.24, 2.45) is 11.8 Å². The van der Waals surface area contributed by atoms with E-state index in [1.807, 2.05) is 0 Å². The molecule has 0 aliphatic heterocycles. The van der Waals surface area contributed by atoms with Crippen LogP contribution in [0.2, 0.25) is 18.1 Å². The lowest BCUT2D eigenvalue weighted by molar-refractivity contribution is 0.272. The van der Waals surface area contributed by atoms with Crippen LogP contribution in [-0.4, -0.2) is 24.0 Å². The van der Waals surface area contributed by atoms with Crippen molar-refractivity contribution in [2.45, 2.75) is 55.0 Å². The maximum Gasteiger partial charge on any atom is 0.191 e. The van der Waals surface area contributed by atoms with Crippen LogP contribution in [0.4, 0.5) is 0 Å². The van der Waals surface area contributed by atoms with Crippen molar-refractivity contribution in [1.29, 1.82) is 0 Å². The summed E-state index contributed by atoms with van der Waals surface area (Å²) in [6.45, 7) is 12.3. The summed E-state index contributed by atoms with van der Waals surface area (Å²) in [6.07, 6.45) is 2.19. The van der Waals surface area contributed by atoms with E-state index in [2.05, 4.69) is 65.7 Å². The van der Waals surface area contributed by atoms with Crippen molar-refractivity contribution in [3.05, 3.63) is 0 Å². The SMILES string of the molecule is CC(C)(C)[Si](C)(C)OCCC1C(CCCl)C1(Br)Br. The van der Waals surface area contributed by atoms with Crippen LogP contribution in [0.3, 0.4) is 0 Å². The molecular formula is C13H25Br2ClOSi. The van der Waals surface area contributed by atoms with Gasteiger partial charge in [0.1, 0.15) is 0 Å². The summed E-state index contributed by atoms with van der Waals surface area (Å²) < 4.78 is 6.35. The lowest BCUT2D eigenvalue weighted by Gasteiger charge is -2.36. The number of halogens is 3. The van der Waals surface area contributed by atoms with Crippen LogP contribution in [0.25, 0.3) is 0 Å². The van der Waals surface area contributed by atoms with Crippen LogP contribution in [0.5, 0.6) is 0 Å². The normalized spacial score (nSPS) is 27.3. The van der Waals surface area contributed by atoms with Gasteiger partial charge in [-0.2, -0.15) is 0 Å². The lowest BCUT2D eigenvalue weighted by Crippen LogP contribution is -2.41. The van der Waals surface area contributed by atoms with Gasteiger partial charge >= 0.3 is 0 Å². The first-order valence-electron chi connectivity index (χ1n) is 6.62. The fourth-order valence-corrected chi connectivity index (χ4v) is 5.25. The van der Waals surface area contributed by atoms with Gasteiger partial charge in [-0.15, -0.1) is 11.6 Å². The second-order valence-electron chi connectivity index (χ2n) is 6.76. The molecule has 0 aromatic rings. The Balaban J connectivity index is 2.36. The molecule has 1 nitrogen and oxygen atoms in total. The smallest absolute Gasteiger partial charge is 0.191 e. The molecular weight excluding hydrogens is 395 g/mol. The van der Waals surface area contributed by atoms with E-state index in [9.17, 15) is 0 Å². The monoisotopic (exact) mass is 418 g/mol. The van der Waals surface area contributed by atoms with E-state index in [0.29, 0.717) is 16.9 Å². The number of rotatable bonds is 6. The molecule has 0 spiro atoms. The first kappa shape index (κ1) is 17.5. The summed E-state index contributed by atoms with van der Waals surface area (Å²) in [5.74, 6) is 2.04. The highest BCUT2D eigenvalue weighted by atomic mass is 79.9. The van der Waals surface area contributed by atoms with E-state index in [0.717, 1.165) is 25.3 Å². The Kier molecular flexibility index (Phi) is 5.87. The molecule has 0 amide bonds. The Hall–Kier alpha value is 1.43. The Morgan fingerprint density at radius 1 is 1.17 bits per heavy atom. The van der Waals surface area contributed by atoms with Gasteiger partial charge in [-0.3, -0.25) is 0 Å². The van der Waals surface area contributed by atoms with Crippen LogP contribution in [-0.2, 0) is 4.43 Å². The second kappa shape index (κ2) is 6.04. The zero-order valence-corrected chi connectivity index (χ0v) is 17.0. The summed E-state index contributed by atoms with van der Waals surface area (Å²) in [4.78, 5) is 0. The van der Waals surface area contributed by atoms with Crippen molar-refractivity contribution >= 4 is 51.8 Å². The van der Waals surface area contributed by atoms with E-state index in [1.165, 1.54) is 0 Å². The zero-order chi connectivity index (χ0) is 14.2. The van der Waals surface area contributed by atoms with Gasteiger partial charge in [0.15, 0.2) is 8.32 Å². The largest absolute Gasteiger partial charge is 0.417 e. The molecule has 0 N–H and O–H groups in total. The fraction of sp³-hybridized carbons (Fsp3) is 1.00. The van der Waals surface area contributed by atoms with Gasteiger partial charge in [0.2, 0.25) is 0 Å². The topological polar surface area (TPSA) is 9.23 Å². The summed E-state index contributed by atoms with van der Waals surface area (Å²) in [5, 5.41) is 0.298. The Morgan fingerprint density at radius 2 is 1.67 bits per heavy atom. The molecule has 0 saturated heterocycles. The van der Waals surface area contributed by atoms with E-state index < -0.39 is 8.32 Å². The minimum absolute atomic E-state index is 0.117. The van der Waals surface area contributed by atoms with E-state index >= 15 is 0 Å². The Bertz CT molecular complexity index is 289. The average molecular weight is 421 g/mol. The highest BCUT2D eigenvalue weighted by molar-refractivity contribution is 9.25. The fourth-order valence-electron chi connectivity index (χ4n) is 2.02. The average Bonchev–Trinajstić information content (AvgIpc) is 2.68. The molecule has 0 radical (unpaired) electrons. The predicted molar refractivity (Wildman–Crippen MR) is 90.7 cm³/mol. The molecule has 0 bridgehead atoms. The van der Waals surface area contributed by atoms with Crippen molar-refractivity contribution in [3.8, 4) is 0 Å². The highest BCUT2D eigenvalue weighted by Gasteiger charge is 2.60. The maximum atomic E-state index is 6.23. The molecule has 0 aromatic carbocycles. The highest BCUT2D eigenvalue weighted by Crippen LogP contribution is 2.64. The number of alkyl halides is 3. The molecule has 1 rings (SSSR count). The maximum absolute atomic E-state index is 6.23. The Morgan fingerprint density at radius 3 is 2.11 bits per heavy atom. The molecule has 5 heteroatoms. The van der Waals surface area contributed by atoms with Crippen LogP contribution in [0.15, 0.2) is 0 Å². The first-order chi connectivity index (χ1) is 8.04. The third kappa shape index (κ3) is 3.97. The van der Waals surface area contributed by atoms with Gasteiger partial charge in [-0.25, -0.2) is 0 Å². The lowest BCUT2D eigenvalue weighted by atomic mass is 10.2. The first-order valence-corrected chi connectivity index (χ1v) is 11.6. The molecule has 2 unspecified atom stereocenters. The second-order valence-corrected chi connectivity index (χ2v) is 15.6. The third-order valence-corrected chi connectivity index (χ3v) is 11.6. The molecule has 0 heterocycles. The molecule has 1 fully saturated rings. The van der Waals surface area contributed by atoms with E-state index in [4.69, 9.17) is 16.0 Å². The van der Waals surface area contributed by atoms with E-state index in [-0.39, 0.29) is 3.23 Å². The van der Waals surface area contributed by atoms with Crippen LogP contribution >= 0.6 is 43.5 Å². The molecule has 18 heavy (non-hydrogen) atoms. The van der Waals surface area contributed by atoms with Crippen LogP contribution in [0, 0.1) is 11.8 Å². The van der Waals surface area contributed by atoms with Crippen LogP contribution < -0.4 is 0 Å². The molecule has 2 atom stereocenters. The molecule has 108 valence electrons. The quantitative estimate of drug-likeness (QED) is 0.392. The number of hydrogen-bond donors (Lipinski definition) is 0. The van der Waals surface area contributed by atoms with Gasteiger partial charge in [0, 0.05) is 12.5 Å². The van der Waals surface area contributed by atoms with Crippen molar-refractivity contribution in [2.75, 3.05) is 12.5 Å². The third-order valence-electron chi connectivity index (χ3n) is 4.48. The van der Waals surface area contributed by atoms with Gasteiger partial charge in [0.05, 0.1) is 3.23 Å². The molecule has 1 aliphatic carbocycles. The minimum atomic E-state index is -1.59. The summed E-state index contributed by atoms with van der Waals surface area (Å²) in [5.41, 5.74) is 0. The van der Waals surface area contributed by atoms with Gasteiger partial charge in [-0.1, -0.05) is 52.6 Å². The minimum Gasteiger partial charge on any atom is -0.417 e. The van der Waals surface area contributed by atoms with Gasteiger partial charge < -0.3 is 4.43 Å².